The molecule has 0 saturated heterocycles. The van der Waals surface area contributed by atoms with Crippen molar-refractivity contribution >= 4 is 67.2 Å². The van der Waals surface area contributed by atoms with Crippen LogP contribution in [0, 0.1) is 10.1 Å². The number of nitrogens with zero attached hydrogens (tertiary/aromatic N) is 2. The minimum absolute atomic E-state index is 0.00587. The number of rotatable bonds is 6. The van der Waals surface area contributed by atoms with Crippen molar-refractivity contribution < 1.29 is 19.2 Å². The van der Waals surface area contributed by atoms with E-state index in [-0.39, 0.29) is 28.7 Å². The molecular weight excluding hydrogens is 452 g/mol. The smallest absolute Gasteiger partial charge is 0.311 e. The Morgan fingerprint density at radius 1 is 1.33 bits per heavy atom. The summed E-state index contributed by atoms with van der Waals surface area (Å²) in [6.45, 7) is 1.97. The van der Waals surface area contributed by atoms with Crippen molar-refractivity contribution in [1.82, 2.24) is 10.3 Å². The summed E-state index contributed by atoms with van der Waals surface area (Å²) in [5.74, 6) is 0.000120. The molecule has 2 aromatic carbocycles. The molecule has 2 N–H and O–H groups in total. The summed E-state index contributed by atoms with van der Waals surface area (Å²) >= 11 is 12.6. The summed E-state index contributed by atoms with van der Waals surface area (Å²) in [5.41, 5.74) is 0.403. The first-order valence-corrected chi connectivity index (χ1v) is 10.1. The highest BCUT2D eigenvalue weighted by molar-refractivity contribution is 7.80. The first-order chi connectivity index (χ1) is 14.3. The number of thiocarbonyl (C=S) groups is 1. The summed E-state index contributed by atoms with van der Waals surface area (Å²) in [6, 6.07) is 7.34. The fourth-order valence-electron chi connectivity index (χ4n) is 2.52. The fourth-order valence-corrected chi connectivity index (χ4v) is 3.89. The lowest BCUT2D eigenvalue weighted by Gasteiger charge is -2.08. The number of fused-ring (bicyclic) bond motifs is 1. The molecule has 9 nitrogen and oxygen atoms in total. The van der Waals surface area contributed by atoms with E-state index in [4.69, 9.17) is 33.3 Å². The number of aromatic nitrogens is 1. The Labute approximate surface area is 185 Å². The topological polar surface area (TPSA) is 116 Å². The summed E-state index contributed by atoms with van der Waals surface area (Å²) in [6.07, 6.45) is 0. The quantitative estimate of drug-likeness (QED) is 0.312. The number of carbonyl (C=O) groups excluding carboxylic acids is 1. The molecule has 3 rings (SSSR count). The van der Waals surface area contributed by atoms with Gasteiger partial charge in [-0.05, 0) is 37.3 Å². The Balaban J connectivity index is 1.73. The minimum Gasteiger partial charge on any atom is -0.495 e. The van der Waals surface area contributed by atoms with E-state index in [0.29, 0.717) is 21.4 Å². The fraction of sp³-hybridized carbons (Fsp3) is 0.167. The van der Waals surface area contributed by atoms with Crippen LogP contribution in [-0.2, 0) is 0 Å². The largest absolute Gasteiger partial charge is 0.495 e. The molecule has 1 amide bonds. The molecule has 0 atom stereocenters. The number of methoxy groups -OCH3 is 1. The zero-order chi connectivity index (χ0) is 21.8. The van der Waals surface area contributed by atoms with Gasteiger partial charge < -0.3 is 14.8 Å². The lowest BCUT2D eigenvalue weighted by molar-refractivity contribution is -0.385. The van der Waals surface area contributed by atoms with Crippen LogP contribution in [0.15, 0.2) is 30.3 Å². The van der Waals surface area contributed by atoms with Gasteiger partial charge in [-0.1, -0.05) is 22.9 Å². The van der Waals surface area contributed by atoms with Crippen molar-refractivity contribution in [3.8, 4) is 11.5 Å². The third kappa shape index (κ3) is 4.75. The Kier molecular flexibility index (Phi) is 6.65. The average Bonchev–Trinajstić information content (AvgIpc) is 3.08. The number of ether oxygens (including phenoxy) is 2. The maximum Gasteiger partial charge on any atom is 0.311 e. The number of amides is 1. The zero-order valence-electron chi connectivity index (χ0n) is 15.7. The predicted molar refractivity (Wildman–Crippen MR) is 119 cm³/mol. The second-order valence-electron chi connectivity index (χ2n) is 5.75. The number of nitro benzene ring substituents is 1. The Bertz CT molecular complexity index is 1150. The third-order valence-corrected chi connectivity index (χ3v) is 5.26. The summed E-state index contributed by atoms with van der Waals surface area (Å²) in [7, 11) is 1.52. The van der Waals surface area contributed by atoms with Crippen LogP contribution in [0.2, 0.25) is 5.02 Å². The van der Waals surface area contributed by atoms with Gasteiger partial charge in [-0.2, -0.15) is 0 Å². The number of halogens is 1. The predicted octanol–water partition coefficient (Wildman–Crippen LogP) is 4.39. The number of thiazole rings is 1. The molecule has 0 unspecified atom stereocenters. The summed E-state index contributed by atoms with van der Waals surface area (Å²) in [5, 5.41) is 17.4. The highest BCUT2D eigenvalue weighted by Gasteiger charge is 2.19. The maximum absolute atomic E-state index is 12.4. The Hall–Kier alpha value is -3.02. The molecule has 0 fully saturated rings. The van der Waals surface area contributed by atoms with Crippen LogP contribution in [0.25, 0.3) is 10.2 Å². The van der Waals surface area contributed by atoms with E-state index >= 15 is 0 Å². The monoisotopic (exact) mass is 466 g/mol. The first kappa shape index (κ1) is 21.7. The van der Waals surface area contributed by atoms with Gasteiger partial charge in [0.2, 0.25) is 0 Å². The van der Waals surface area contributed by atoms with Crippen LogP contribution in [0.4, 0.5) is 10.8 Å². The van der Waals surface area contributed by atoms with Crippen LogP contribution in [-0.4, -0.2) is 34.6 Å². The molecule has 156 valence electrons. The highest BCUT2D eigenvalue weighted by Crippen LogP contribution is 2.34. The van der Waals surface area contributed by atoms with Crippen molar-refractivity contribution in [3.63, 3.8) is 0 Å². The lowest BCUT2D eigenvalue weighted by Crippen LogP contribution is -2.34. The number of hydrogen-bond donors (Lipinski definition) is 2. The second-order valence-corrected chi connectivity index (χ2v) is 7.60. The number of benzene rings is 2. The second kappa shape index (κ2) is 9.20. The van der Waals surface area contributed by atoms with E-state index in [1.807, 2.05) is 0 Å². The van der Waals surface area contributed by atoms with E-state index in [1.165, 1.54) is 30.6 Å². The minimum atomic E-state index is -0.612. The third-order valence-electron chi connectivity index (χ3n) is 3.83. The van der Waals surface area contributed by atoms with Crippen LogP contribution < -0.4 is 20.1 Å². The van der Waals surface area contributed by atoms with Gasteiger partial charge in [0.1, 0.15) is 5.75 Å². The number of carbonyl (C=O) groups is 1. The number of nitrogens with one attached hydrogen (secondary N) is 2. The van der Waals surface area contributed by atoms with Gasteiger partial charge in [-0.25, -0.2) is 4.98 Å². The van der Waals surface area contributed by atoms with Crippen LogP contribution >= 0.6 is 35.2 Å². The number of nitro groups is 1. The zero-order valence-corrected chi connectivity index (χ0v) is 18.1. The molecule has 0 spiro atoms. The molecule has 0 aliphatic carbocycles. The first-order valence-electron chi connectivity index (χ1n) is 8.50. The molecule has 0 aliphatic heterocycles. The van der Waals surface area contributed by atoms with Crippen molar-refractivity contribution in [2.75, 3.05) is 19.0 Å². The maximum atomic E-state index is 12.4. The van der Waals surface area contributed by atoms with Gasteiger partial charge in [0.05, 0.1) is 33.9 Å². The van der Waals surface area contributed by atoms with Crippen molar-refractivity contribution in [3.05, 3.63) is 51.0 Å². The molecule has 12 heteroatoms. The molecular formula is C18H15ClN4O5S2. The molecule has 30 heavy (non-hydrogen) atoms. The van der Waals surface area contributed by atoms with Crippen molar-refractivity contribution in [2.45, 2.75) is 6.92 Å². The van der Waals surface area contributed by atoms with E-state index in [1.54, 1.807) is 19.1 Å². The molecule has 0 radical (unpaired) electrons. The van der Waals surface area contributed by atoms with E-state index in [0.717, 1.165) is 10.8 Å². The molecule has 1 aromatic heterocycles. The van der Waals surface area contributed by atoms with E-state index in [2.05, 4.69) is 15.6 Å². The molecule has 0 bridgehead atoms. The summed E-state index contributed by atoms with van der Waals surface area (Å²) in [4.78, 5) is 27.4. The normalized spacial score (nSPS) is 10.5. The van der Waals surface area contributed by atoms with Gasteiger partial charge in [-0.3, -0.25) is 20.2 Å². The standard InChI is InChI=1S/C18H15ClN4O5S2/c1-3-28-13-5-4-9(6-12(13)23(25)26)16(24)21-17(29)22-18-20-11-7-10(19)14(27-2)8-15(11)30-18/h4-8H,3H2,1-2H3,(H2,20,21,22,24,29). The number of anilines is 1. The van der Waals surface area contributed by atoms with Crippen LogP contribution in [0.5, 0.6) is 11.5 Å². The SMILES string of the molecule is CCOc1ccc(C(=O)NC(=S)Nc2nc3cc(Cl)c(OC)cc3s2)cc1[N+](=O)[O-]. The Morgan fingerprint density at radius 3 is 2.77 bits per heavy atom. The van der Waals surface area contributed by atoms with E-state index < -0.39 is 10.8 Å². The number of hydrogen-bond acceptors (Lipinski definition) is 8. The van der Waals surface area contributed by atoms with Gasteiger partial charge in [0, 0.05) is 17.7 Å². The Morgan fingerprint density at radius 2 is 2.10 bits per heavy atom. The van der Waals surface area contributed by atoms with Gasteiger partial charge in [0.15, 0.2) is 16.0 Å². The van der Waals surface area contributed by atoms with Gasteiger partial charge in [0.25, 0.3) is 5.91 Å². The molecule has 0 aliphatic rings. The van der Waals surface area contributed by atoms with Gasteiger partial charge in [-0.15, -0.1) is 0 Å². The van der Waals surface area contributed by atoms with E-state index in [9.17, 15) is 14.9 Å². The average molecular weight is 467 g/mol. The van der Waals surface area contributed by atoms with Gasteiger partial charge >= 0.3 is 5.69 Å². The summed E-state index contributed by atoms with van der Waals surface area (Å²) < 4.78 is 11.2. The molecule has 1 heterocycles. The van der Waals surface area contributed by atoms with Crippen LogP contribution in [0.3, 0.4) is 0 Å². The lowest BCUT2D eigenvalue weighted by atomic mass is 10.1. The van der Waals surface area contributed by atoms with Crippen molar-refractivity contribution in [2.24, 2.45) is 0 Å². The highest BCUT2D eigenvalue weighted by atomic mass is 35.5. The molecule has 3 aromatic rings. The molecule has 0 saturated carbocycles. The van der Waals surface area contributed by atoms with Crippen LogP contribution in [0.1, 0.15) is 17.3 Å². The van der Waals surface area contributed by atoms with Crippen molar-refractivity contribution in [1.29, 1.82) is 0 Å².